The Hall–Kier alpha value is -0.680. The summed E-state index contributed by atoms with van der Waals surface area (Å²) in [5.74, 6) is 0.833. The Labute approximate surface area is 90.8 Å². The molecule has 1 rings (SSSR count). The highest BCUT2D eigenvalue weighted by Gasteiger charge is 2.17. The maximum atomic E-state index is 11.3. The molecular formula is C9H13BrN2O2. The lowest BCUT2D eigenvalue weighted by atomic mass is 10.1. The maximum Gasteiger partial charge on any atom is 0.265 e. The minimum Gasteiger partial charge on any atom is -0.373 e. The summed E-state index contributed by atoms with van der Waals surface area (Å²) in [4.78, 5) is 18.1. The van der Waals surface area contributed by atoms with Crippen LogP contribution in [0.4, 0.5) is 0 Å². The van der Waals surface area contributed by atoms with Gasteiger partial charge in [0.15, 0.2) is 0 Å². The largest absolute Gasteiger partial charge is 0.373 e. The van der Waals surface area contributed by atoms with Crippen LogP contribution in [0.15, 0.2) is 15.5 Å². The average Bonchev–Trinajstić information content (AvgIpc) is 2.11. The van der Waals surface area contributed by atoms with Gasteiger partial charge in [-0.1, -0.05) is 13.8 Å². The molecule has 4 nitrogen and oxygen atoms in total. The number of ether oxygens (including phenoxy) is 1. The van der Waals surface area contributed by atoms with Crippen LogP contribution in [0.3, 0.4) is 0 Å². The topological polar surface area (TPSA) is 55.0 Å². The molecule has 0 amide bonds. The summed E-state index contributed by atoms with van der Waals surface area (Å²) in [6.07, 6.45) is 1.32. The molecule has 78 valence electrons. The molecule has 14 heavy (non-hydrogen) atoms. The lowest BCUT2D eigenvalue weighted by Crippen LogP contribution is -2.18. The second-order valence-corrected chi connectivity index (χ2v) is 4.20. The molecule has 1 N–H and O–H groups in total. The predicted molar refractivity (Wildman–Crippen MR) is 57.1 cm³/mol. The smallest absolute Gasteiger partial charge is 0.265 e. The predicted octanol–water partition coefficient (Wildman–Crippen LogP) is 1.88. The summed E-state index contributed by atoms with van der Waals surface area (Å²) in [6.45, 7) is 4.02. The third-order valence-corrected chi connectivity index (χ3v) is 2.47. The molecule has 0 bridgehead atoms. The molecule has 0 saturated heterocycles. The first-order valence-electron chi connectivity index (χ1n) is 4.33. The van der Waals surface area contributed by atoms with Gasteiger partial charge in [-0.3, -0.25) is 4.79 Å². The van der Waals surface area contributed by atoms with Gasteiger partial charge in [-0.15, -0.1) is 0 Å². The molecule has 0 fully saturated rings. The van der Waals surface area contributed by atoms with E-state index < -0.39 is 0 Å². The molecular weight excluding hydrogens is 248 g/mol. The average molecular weight is 261 g/mol. The molecule has 1 heterocycles. The van der Waals surface area contributed by atoms with Crippen LogP contribution in [0.5, 0.6) is 0 Å². The van der Waals surface area contributed by atoms with Crippen LogP contribution in [0.2, 0.25) is 0 Å². The van der Waals surface area contributed by atoms with Gasteiger partial charge in [-0.05, 0) is 21.8 Å². The molecule has 0 aromatic carbocycles. The van der Waals surface area contributed by atoms with Crippen molar-refractivity contribution in [3.8, 4) is 0 Å². The Morgan fingerprint density at radius 3 is 2.64 bits per heavy atom. The third-order valence-electron chi connectivity index (χ3n) is 1.90. The number of rotatable bonds is 3. The number of hydrogen-bond acceptors (Lipinski definition) is 3. The van der Waals surface area contributed by atoms with Crippen molar-refractivity contribution in [2.24, 2.45) is 5.92 Å². The minimum absolute atomic E-state index is 0.171. The van der Waals surface area contributed by atoms with Gasteiger partial charge in [0.25, 0.3) is 5.56 Å². The van der Waals surface area contributed by atoms with Gasteiger partial charge in [0.05, 0.1) is 0 Å². The standard InChI is InChI=1S/C9H13BrN2O2/c1-5(2)7(14-3)8-11-4-6(10)9(13)12-8/h4-5,7H,1-3H3,(H,11,12,13). The summed E-state index contributed by atoms with van der Waals surface area (Å²) >= 11 is 3.09. The maximum absolute atomic E-state index is 11.3. The van der Waals surface area contributed by atoms with Crippen molar-refractivity contribution in [1.29, 1.82) is 0 Å². The first-order chi connectivity index (χ1) is 6.56. The monoisotopic (exact) mass is 260 g/mol. The Balaban J connectivity index is 3.06. The molecule has 0 saturated carbocycles. The lowest BCUT2D eigenvalue weighted by Gasteiger charge is -2.17. The molecule has 0 aliphatic rings. The number of aromatic amines is 1. The third kappa shape index (κ3) is 2.42. The van der Waals surface area contributed by atoms with Gasteiger partial charge in [0, 0.05) is 13.3 Å². The van der Waals surface area contributed by atoms with E-state index in [-0.39, 0.29) is 17.6 Å². The number of H-pyrrole nitrogens is 1. The van der Waals surface area contributed by atoms with Crippen LogP contribution in [0.25, 0.3) is 0 Å². The van der Waals surface area contributed by atoms with E-state index in [0.29, 0.717) is 10.3 Å². The van der Waals surface area contributed by atoms with E-state index >= 15 is 0 Å². The number of methoxy groups -OCH3 is 1. The van der Waals surface area contributed by atoms with E-state index in [1.165, 1.54) is 6.20 Å². The normalized spacial score (nSPS) is 13.2. The number of nitrogens with one attached hydrogen (secondary N) is 1. The summed E-state index contributed by atoms with van der Waals surface area (Å²) in [7, 11) is 1.60. The molecule has 0 aliphatic carbocycles. The van der Waals surface area contributed by atoms with Gasteiger partial charge >= 0.3 is 0 Å². The first-order valence-corrected chi connectivity index (χ1v) is 5.13. The summed E-state index contributed by atoms with van der Waals surface area (Å²) in [5.41, 5.74) is -0.183. The van der Waals surface area contributed by atoms with E-state index in [1.54, 1.807) is 7.11 Å². The van der Waals surface area contributed by atoms with Crippen molar-refractivity contribution in [3.63, 3.8) is 0 Å². The Bertz CT molecular complexity index is 362. The van der Waals surface area contributed by atoms with Gasteiger partial charge in [0.2, 0.25) is 0 Å². The molecule has 0 aliphatic heterocycles. The van der Waals surface area contributed by atoms with Crippen LogP contribution in [-0.4, -0.2) is 17.1 Å². The van der Waals surface area contributed by atoms with E-state index in [1.807, 2.05) is 13.8 Å². The molecule has 1 atom stereocenters. The second kappa shape index (κ2) is 4.70. The number of aromatic nitrogens is 2. The molecule has 1 aromatic heterocycles. The van der Waals surface area contributed by atoms with Crippen molar-refractivity contribution in [1.82, 2.24) is 9.97 Å². The molecule has 0 spiro atoms. The molecule has 5 heteroatoms. The van der Waals surface area contributed by atoms with Gasteiger partial charge in [0.1, 0.15) is 16.4 Å². The van der Waals surface area contributed by atoms with Crippen LogP contribution in [0.1, 0.15) is 25.8 Å². The van der Waals surface area contributed by atoms with Crippen LogP contribution in [-0.2, 0) is 4.74 Å². The number of hydrogen-bond donors (Lipinski definition) is 1. The van der Waals surface area contributed by atoms with E-state index in [4.69, 9.17) is 4.74 Å². The fourth-order valence-corrected chi connectivity index (χ4v) is 1.44. The van der Waals surface area contributed by atoms with Gasteiger partial charge in [-0.2, -0.15) is 0 Å². The summed E-state index contributed by atoms with van der Waals surface area (Å²) in [5, 5.41) is 0. The zero-order chi connectivity index (χ0) is 10.7. The Morgan fingerprint density at radius 1 is 1.57 bits per heavy atom. The fourth-order valence-electron chi connectivity index (χ4n) is 1.24. The van der Waals surface area contributed by atoms with Crippen LogP contribution < -0.4 is 5.56 Å². The van der Waals surface area contributed by atoms with E-state index in [2.05, 4.69) is 25.9 Å². The lowest BCUT2D eigenvalue weighted by molar-refractivity contribution is 0.0572. The zero-order valence-corrected chi connectivity index (χ0v) is 9.96. The minimum atomic E-state index is -0.183. The Morgan fingerprint density at radius 2 is 2.21 bits per heavy atom. The van der Waals surface area contributed by atoms with Crippen molar-refractivity contribution in [2.45, 2.75) is 20.0 Å². The van der Waals surface area contributed by atoms with Crippen LogP contribution >= 0.6 is 15.9 Å². The number of nitrogens with zero attached hydrogens (tertiary/aromatic N) is 1. The zero-order valence-electron chi connectivity index (χ0n) is 8.37. The number of halogens is 1. The summed E-state index contributed by atoms with van der Waals surface area (Å²) in [6, 6.07) is 0. The first kappa shape index (κ1) is 11.4. The van der Waals surface area contributed by atoms with Gasteiger partial charge in [-0.25, -0.2) is 4.98 Å². The highest BCUT2D eigenvalue weighted by molar-refractivity contribution is 9.10. The van der Waals surface area contributed by atoms with Crippen molar-refractivity contribution in [2.75, 3.05) is 7.11 Å². The van der Waals surface area contributed by atoms with Crippen molar-refractivity contribution in [3.05, 3.63) is 26.8 Å². The highest BCUT2D eigenvalue weighted by atomic mass is 79.9. The van der Waals surface area contributed by atoms with Crippen molar-refractivity contribution < 1.29 is 4.74 Å². The summed E-state index contributed by atoms with van der Waals surface area (Å²) < 4.78 is 5.68. The highest BCUT2D eigenvalue weighted by Crippen LogP contribution is 2.20. The Kier molecular flexibility index (Phi) is 3.83. The van der Waals surface area contributed by atoms with E-state index in [9.17, 15) is 4.79 Å². The SMILES string of the molecule is COC(c1ncc(Br)c(=O)[nH]1)C(C)C. The van der Waals surface area contributed by atoms with Gasteiger partial charge < -0.3 is 9.72 Å². The van der Waals surface area contributed by atoms with E-state index in [0.717, 1.165) is 0 Å². The molecule has 1 unspecified atom stereocenters. The van der Waals surface area contributed by atoms with Crippen LogP contribution in [0, 0.1) is 5.92 Å². The second-order valence-electron chi connectivity index (χ2n) is 3.35. The molecule has 0 radical (unpaired) electrons. The quantitative estimate of drug-likeness (QED) is 0.903. The molecule has 1 aromatic rings. The van der Waals surface area contributed by atoms with Crippen molar-refractivity contribution >= 4 is 15.9 Å². The fraction of sp³-hybridized carbons (Fsp3) is 0.556.